The topological polar surface area (TPSA) is 32.9 Å². The summed E-state index contributed by atoms with van der Waals surface area (Å²) in [6.45, 7) is 0. The summed E-state index contributed by atoms with van der Waals surface area (Å²) in [6.07, 6.45) is 5.18. The van der Waals surface area contributed by atoms with Crippen LogP contribution in [0.5, 0.6) is 0 Å². The molecule has 2 aromatic rings. The number of hydrogen-bond donors (Lipinski definition) is 1. The van der Waals surface area contributed by atoms with E-state index in [1.807, 2.05) is 35.2 Å². The van der Waals surface area contributed by atoms with Crippen LogP contribution in [-0.2, 0) is 0 Å². The van der Waals surface area contributed by atoms with E-state index in [9.17, 15) is 4.79 Å². The van der Waals surface area contributed by atoms with Crippen molar-refractivity contribution in [2.45, 2.75) is 0 Å². The molecule has 0 aliphatic rings. The molecular weight excluding hydrogens is 194 g/mol. The van der Waals surface area contributed by atoms with Crippen LogP contribution in [-0.4, -0.2) is 10.8 Å². The van der Waals surface area contributed by atoms with Crippen molar-refractivity contribution in [3.05, 3.63) is 52.5 Å². The van der Waals surface area contributed by atoms with E-state index in [0.29, 0.717) is 0 Å². The number of H-pyrrole nitrogens is 1. The molecule has 3 heteroatoms. The third-order valence-corrected chi connectivity index (χ3v) is 2.53. The van der Waals surface area contributed by atoms with Crippen molar-refractivity contribution in [1.82, 2.24) is 4.98 Å². The maximum absolute atomic E-state index is 11.5. The summed E-state index contributed by atoms with van der Waals surface area (Å²) in [6, 6.07) is 5.64. The lowest BCUT2D eigenvalue weighted by atomic mass is 10.2. The Balaban J connectivity index is 2.09. The Bertz CT molecular complexity index is 426. The molecule has 2 rings (SSSR count). The largest absolute Gasteiger partial charge is 0.362 e. The lowest BCUT2D eigenvalue weighted by molar-refractivity contribution is 0.104. The van der Waals surface area contributed by atoms with Crippen LogP contribution in [0.3, 0.4) is 0 Å². The fourth-order valence-electron chi connectivity index (χ4n) is 1.11. The normalized spacial score (nSPS) is 10.9. The summed E-state index contributed by atoms with van der Waals surface area (Å²) in [7, 11) is 0. The molecule has 0 aliphatic heterocycles. The number of thiophene rings is 1. The van der Waals surface area contributed by atoms with Gasteiger partial charge in [0.25, 0.3) is 0 Å². The minimum absolute atomic E-state index is 0.0425. The van der Waals surface area contributed by atoms with Crippen LogP contribution >= 0.6 is 11.3 Å². The van der Waals surface area contributed by atoms with Gasteiger partial charge in [-0.2, -0.15) is 11.3 Å². The van der Waals surface area contributed by atoms with Gasteiger partial charge in [0.1, 0.15) is 0 Å². The molecule has 0 saturated heterocycles. The predicted octanol–water partition coefficient (Wildman–Crippen LogP) is 2.97. The van der Waals surface area contributed by atoms with Crippen molar-refractivity contribution in [1.29, 1.82) is 0 Å². The third-order valence-electron chi connectivity index (χ3n) is 1.84. The Morgan fingerprint density at radius 1 is 1.43 bits per heavy atom. The quantitative estimate of drug-likeness (QED) is 0.603. The highest BCUT2D eigenvalue weighted by molar-refractivity contribution is 7.08. The van der Waals surface area contributed by atoms with Gasteiger partial charge >= 0.3 is 0 Å². The Kier molecular flexibility index (Phi) is 2.60. The van der Waals surface area contributed by atoms with Gasteiger partial charge in [0, 0.05) is 22.8 Å². The summed E-state index contributed by atoms with van der Waals surface area (Å²) in [5.41, 5.74) is 1.69. The van der Waals surface area contributed by atoms with E-state index < -0.39 is 0 Å². The molecule has 70 valence electrons. The minimum Gasteiger partial charge on any atom is -0.362 e. The summed E-state index contributed by atoms with van der Waals surface area (Å²) in [4.78, 5) is 14.5. The van der Waals surface area contributed by atoms with Crippen LogP contribution in [0.1, 0.15) is 16.1 Å². The molecule has 2 aromatic heterocycles. The van der Waals surface area contributed by atoms with Gasteiger partial charge < -0.3 is 4.98 Å². The van der Waals surface area contributed by atoms with Crippen LogP contribution in [0, 0.1) is 0 Å². The molecule has 0 saturated carbocycles. The zero-order chi connectivity index (χ0) is 9.80. The first-order valence-corrected chi connectivity index (χ1v) is 5.18. The van der Waals surface area contributed by atoms with E-state index in [-0.39, 0.29) is 5.78 Å². The van der Waals surface area contributed by atoms with E-state index in [4.69, 9.17) is 0 Å². The molecule has 0 spiro atoms. The fourth-order valence-corrected chi connectivity index (χ4v) is 1.76. The van der Waals surface area contributed by atoms with Crippen molar-refractivity contribution in [3.8, 4) is 0 Å². The number of ketones is 1. The summed E-state index contributed by atoms with van der Waals surface area (Å²) >= 11 is 1.53. The lowest BCUT2D eigenvalue weighted by Crippen LogP contribution is -1.89. The van der Waals surface area contributed by atoms with E-state index in [2.05, 4.69) is 4.98 Å². The van der Waals surface area contributed by atoms with Crippen molar-refractivity contribution >= 4 is 23.2 Å². The van der Waals surface area contributed by atoms with Gasteiger partial charge in [0.2, 0.25) is 0 Å². The van der Waals surface area contributed by atoms with Crippen molar-refractivity contribution in [2.75, 3.05) is 0 Å². The number of carbonyl (C=O) groups excluding carboxylic acids is 1. The van der Waals surface area contributed by atoms with Gasteiger partial charge in [0.05, 0.1) is 0 Å². The first-order chi connectivity index (χ1) is 6.86. The van der Waals surface area contributed by atoms with Gasteiger partial charge in [-0.3, -0.25) is 4.79 Å². The highest BCUT2D eigenvalue weighted by atomic mass is 32.1. The van der Waals surface area contributed by atoms with E-state index >= 15 is 0 Å². The van der Waals surface area contributed by atoms with Gasteiger partial charge in [-0.05, 0) is 35.7 Å². The van der Waals surface area contributed by atoms with Crippen LogP contribution < -0.4 is 0 Å². The van der Waals surface area contributed by atoms with Crippen molar-refractivity contribution in [3.63, 3.8) is 0 Å². The number of aromatic amines is 1. The van der Waals surface area contributed by atoms with Gasteiger partial charge in [-0.25, -0.2) is 0 Å². The fraction of sp³-hybridized carbons (Fsp3) is 0. The molecule has 2 nitrogen and oxygen atoms in total. The molecule has 2 heterocycles. The first-order valence-electron chi connectivity index (χ1n) is 4.24. The number of nitrogens with one attached hydrogen (secondary N) is 1. The van der Waals surface area contributed by atoms with Crippen LogP contribution in [0.15, 0.2) is 41.2 Å². The number of hydrogen-bond acceptors (Lipinski definition) is 2. The predicted molar refractivity (Wildman–Crippen MR) is 58.5 cm³/mol. The molecule has 0 unspecified atom stereocenters. The molecule has 0 aliphatic carbocycles. The molecule has 0 fully saturated rings. The number of aromatic nitrogens is 1. The monoisotopic (exact) mass is 203 g/mol. The zero-order valence-electron chi connectivity index (χ0n) is 7.44. The number of carbonyl (C=O) groups is 1. The summed E-state index contributed by atoms with van der Waals surface area (Å²) in [5.74, 6) is 0.0425. The molecule has 0 radical (unpaired) electrons. The second kappa shape index (κ2) is 4.07. The van der Waals surface area contributed by atoms with Crippen LogP contribution in [0.2, 0.25) is 0 Å². The average Bonchev–Trinajstić information content (AvgIpc) is 2.87. The second-order valence-corrected chi connectivity index (χ2v) is 3.62. The molecule has 0 amide bonds. The Morgan fingerprint density at radius 3 is 3.00 bits per heavy atom. The molecular formula is C11H9NOS. The van der Waals surface area contributed by atoms with E-state index in [0.717, 1.165) is 11.3 Å². The van der Waals surface area contributed by atoms with Crippen LogP contribution in [0.25, 0.3) is 6.08 Å². The average molecular weight is 203 g/mol. The first kappa shape index (κ1) is 8.97. The van der Waals surface area contributed by atoms with Crippen molar-refractivity contribution < 1.29 is 4.79 Å². The highest BCUT2D eigenvalue weighted by Gasteiger charge is 2.00. The SMILES string of the molecule is O=C(/C=C/c1ccc[nH]1)c1ccsc1. The van der Waals surface area contributed by atoms with Gasteiger partial charge in [-0.15, -0.1) is 0 Å². The molecule has 0 atom stereocenters. The summed E-state index contributed by atoms with van der Waals surface area (Å²) in [5, 5.41) is 3.75. The second-order valence-electron chi connectivity index (χ2n) is 2.84. The van der Waals surface area contributed by atoms with Crippen LogP contribution in [0.4, 0.5) is 0 Å². The van der Waals surface area contributed by atoms with Gasteiger partial charge in [0.15, 0.2) is 5.78 Å². The van der Waals surface area contributed by atoms with E-state index in [1.54, 1.807) is 12.2 Å². The molecule has 0 bridgehead atoms. The third kappa shape index (κ3) is 2.00. The molecule has 14 heavy (non-hydrogen) atoms. The lowest BCUT2D eigenvalue weighted by Gasteiger charge is -1.87. The Morgan fingerprint density at radius 2 is 2.36 bits per heavy atom. The van der Waals surface area contributed by atoms with Crippen molar-refractivity contribution in [2.24, 2.45) is 0 Å². The maximum Gasteiger partial charge on any atom is 0.186 e. The summed E-state index contributed by atoms with van der Waals surface area (Å²) < 4.78 is 0. The molecule has 1 N–H and O–H groups in total. The zero-order valence-corrected chi connectivity index (χ0v) is 8.25. The van der Waals surface area contributed by atoms with E-state index in [1.165, 1.54) is 11.3 Å². The smallest absolute Gasteiger partial charge is 0.186 e. The minimum atomic E-state index is 0.0425. The number of allylic oxidation sites excluding steroid dienone is 1. The standard InChI is InChI=1S/C11H9NOS/c13-11(9-5-7-14-8-9)4-3-10-2-1-6-12-10/h1-8,12H/b4-3+. The van der Waals surface area contributed by atoms with Gasteiger partial charge in [-0.1, -0.05) is 0 Å². The number of rotatable bonds is 3. The Labute approximate surface area is 85.9 Å². The maximum atomic E-state index is 11.5. The Hall–Kier alpha value is -1.61. The molecule has 0 aromatic carbocycles. The highest BCUT2D eigenvalue weighted by Crippen LogP contribution is 2.08.